The van der Waals surface area contributed by atoms with Gasteiger partial charge in [0.15, 0.2) is 0 Å². The summed E-state index contributed by atoms with van der Waals surface area (Å²) in [5.41, 5.74) is -8.53. The van der Waals surface area contributed by atoms with Gasteiger partial charge in [-0.25, -0.2) is 8.78 Å². The average Bonchev–Trinajstić information content (AvgIpc) is 2.53. The first-order valence-electron chi connectivity index (χ1n) is 6.30. The van der Waals surface area contributed by atoms with Crippen LogP contribution >= 0.6 is 43.2 Å². The Balaban J connectivity index is 0.000000260. The summed E-state index contributed by atoms with van der Waals surface area (Å²) in [6.07, 6.45) is 0. The van der Waals surface area contributed by atoms with Gasteiger partial charge in [-0.05, 0) is 70.1 Å². The first kappa shape index (κ1) is 23.3. The standard InChI is InChI=1S/2C7H4F4S2/c2*8-5-1-3-6(4-2-5)12-13-7(9,10)11/h2*1-4H. The van der Waals surface area contributed by atoms with E-state index < -0.39 is 22.7 Å². The van der Waals surface area contributed by atoms with Crippen LogP contribution in [0.1, 0.15) is 0 Å². The molecule has 0 saturated heterocycles. The van der Waals surface area contributed by atoms with Crippen molar-refractivity contribution in [3.63, 3.8) is 0 Å². The normalized spacial score (nSPS) is 11.7. The van der Waals surface area contributed by atoms with Gasteiger partial charge in [0.2, 0.25) is 0 Å². The molecule has 144 valence electrons. The Kier molecular flexibility index (Phi) is 9.48. The average molecular weight is 456 g/mol. The molecule has 0 aliphatic carbocycles. The fourth-order valence-electron chi connectivity index (χ4n) is 1.17. The molecule has 0 aromatic heterocycles. The highest BCUT2D eigenvalue weighted by Crippen LogP contribution is 2.44. The molecule has 0 spiro atoms. The molecule has 0 aliphatic heterocycles. The molecule has 2 rings (SSSR count). The van der Waals surface area contributed by atoms with Crippen molar-refractivity contribution in [2.24, 2.45) is 0 Å². The lowest BCUT2D eigenvalue weighted by Gasteiger charge is -2.03. The van der Waals surface area contributed by atoms with Crippen molar-refractivity contribution in [1.29, 1.82) is 0 Å². The van der Waals surface area contributed by atoms with E-state index in [1.807, 2.05) is 0 Å². The smallest absolute Gasteiger partial charge is 0.207 e. The van der Waals surface area contributed by atoms with E-state index in [1.165, 1.54) is 24.3 Å². The van der Waals surface area contributed by atoms with Gasteiger partial charge in [0.25, 0.3) is 0 Å². The Hall–Kier alpha value is -0.720. The van der Waals surface area contributed by atoms with E-state index in [0.29, 0.717) is 31.4 Å². The van der Waals surface area contributed by atoms with Crippen molar-refractivity contribution < 1.29 is 35.1 Å². The summed E-state index contributed by atoms with van der Waals surface area (Å²) in [6.45, 7) is 0. The molecular weight excluding hydrogens is 448 g/mol. The van der Waals surface area contributed by atoms with Gasteiger partial charge in [-0.2, -0.15) is 26.3 Å². The number of halogens is 8. The molecule has 2 aromatic carbocycles. The Labute approximate surface area is 159 Å². The monoisotopic (exact) mass is 456 g/mol. The second kappa shape index (κ2) is 10.6. The summed E-state index contributed by atoms with van der Waals surface area (Å²) in [4.78, 5) is 0.757. The SMILES string of the molecule is Fc1ccc(SSC(F)(F)F)cc1.Fc1ccc(SSC(F)(F)F)cc1. The molecule has 2 aromatic rings. The largest absolute Gasteiger partial charge is 0.452 e. The van der Waals surface area contributed by atoms with Crippen LogP contribution < -0.4 is 0 Å². The maximum atomic E-state index is 12.3. The molecule has 0 aliphatic rings. The molecule has 0 fully saturated rings. The fourth-order valence-corrected chi connectivity index (χ4v) is 3.86. The highest BCUT2D eigenvalue weighted by atomic mass is 33.1. The van der Waals surface area contributed by atoms with E-state index in [0.717, 1.165) is 24.3 Å². The number of hydrogen-bond donors (Lipinski definition) is 0. The lowest BCUT2D eigenvalue weighted by Crippen LogP contribution is -1.95. The summed E-state index contributed by atoms with van der Waals surface area (Å²) in [7, 11) is 0.696. The molecule has 0 heterocycles. The Morgan fingerprint density at radius 2 is 0.769 bits per heavy atom. The second-order valence-electron chi connectivity index (χ2n) is 4.13. The van der Waals surface area contributed by atoms with E-state index in [-0.39, 0.29) is 21.6 Å². The molecule has 0 N–H and O–H groups in total. The molecule has 0 nitrogen and oxygen atoms in total. The third-order valence-electron chi connectivity index (χ3n) is 2.09. The van der Waals surface area contributed by atoms with Crippen molar-refractivity contribution >= 4 is 43.2 Å². The van der Waals surface area contributed by atoms with Crippen LogP contribution in [0.25, 0.3) is 0 Å². The predicted octanol–water partition coefficient (Wildman–Crippen LogP) is 8.17. The Morgan fingerprint density at radius 3 is 1.00 bits per heavy atom. The van der Waals surface area contributed by atoms with Crippen molar-refractivity contribution in [2.75, 3.05) is 0 Å². The minimum absolute atomic E-state index is 0.213. The van der Waals surface area contributed by atoms with Gasteiger partial charge in [0, 0.05) is 31.4 Å². The van der Waals surface area contributed by atoms with Gasteiger partial charge in [-0.1, -0.05) is 0 Å². The third kappa shape index (κ3) is 11.8. The zero-order chi connectivity index (χ0) is 19.8. The van der Waals surface area contributed by atoms with Crippen LogP contribution in [0.4, 0.5) is 35.1 Å². The van der Waals surface area contributed by atoms with Crippen molar-refractivity contribution in [2.45, 2.75) is 20.8 Å². The predicted molar refractivity (Wildman–Crippen MR) is 91.8 cm³/mol. The van der Waals surface area contributed by atoms with Crippen molar-refractivity contribution in [3.8, 4) is 0 Å². The number of alkyl halides is 6. The van der Waals surface area contributed by atoms with E-state index in [4.69, 9.17) is 0 Å². The molecule has 0 unspecified atom stereocenters. The molecule has 26 heavy (non-hydrogen) atoms. The van der Waals surface area contributed by atoms with Crippen LogP contribution in [0.3, 0.4) is 0 Å². The van der Waals surface area contributed by atoms with E-state index in [2.05, 4.69) is 0 Å². The Morgan fingerprint density at radius 1 is 0.500 bits per heavy atom. The maximum absolute atomic E-state index is 12.3. The topological polar surface area (TPSA) is 0 Å². The van der Waals surface area contributed by atoms with Crippen molar-refractivity contribution in [3.05, 3.63) is 60.2 Å². The van der Waals surface area contributed by atoms with Crippen LogP contribution in [0, 0.1) is 11.6 Å². The van der Waals surface area contributed by atoms with Gasteiger partial charge in [-0.3, -0.25) is 0 Å². The minimum atomic E-state index is -4.26. The zero-order valence-corrected chi connectivity index (χ0v) is 15.5. The van der Waals surface area contributed by atoms with Crippen molar-refractivity contribution in [1.82, 2.24) is 0 Å². The van der Waals surface area contributed by atoms with Crippen LogP contribution in [0.2, 0.25) is 0 Å². The highest BCUT2D eigenvalue weighted by molar-refractivity contribution is 8.77. The molecular formula is C14H8F8S4. The second-order valence-corrected chi connectivity index (χ2v) is 8.67. The lowest BCUT2D eigenvalue weighted by molar-refractivity contribution is -0.0320. The van der Waals surface area contributed by atoms with E-state index in [9.17, 15) is 35.1 Å². The molecule has 0 saturated carbocycles. The van der Waals surface area contributed by atoms with Crippen LogP contribution in [-0.2, 0) is 0 Å². The lowest BCUT2D eigenvalue weighted by atomic mass is 10.4. The quantitative estimate of drug-likeness (QED) is 0.336. The van der Waals surface area contributed by atoms with Gasteiger partial charge in [0.05, 0.1) is 0 Å². The molecule has 0 radical (unpaired) electrons. The van der Waals surface area contributed by atoms with Gasteiger partial charge in [-0.15, -0.1) is 0 Å². The van der Waals surface area contributed by atoms with E-state index in [1.54, 1.807) is 0 Å². The summed E-state index contributed by atoms with van der Waals surface area (Å²) in [5.74, 6) is -0.914. The van der Waals surface area contributed by atoms with Crippen LogP contribution in [0.15, 0.2) is 58.3 Å². The highest BCUT2D eigenvalue weighted by Gasteiger charge is 2.29. The summed E-state index contributed by atoms with van der Waals surface area (Å²) < 4.78 is 94.8. The summed E-state index contributed by atoms with van der Waals surface area (Å²) in [5, 5.41) is 0. The minimum Gasteiger partial charge on any atom is -0.207 e. The van der Waals surface area contributed by atoms with Gasteiger partial charge < -0.3 is 0 Å². The molecule has 0 bridgehead atoms. The fraction of sp³-hybridized carbons (Fsp3) is 0.143. The zero-order valence-electron chi connectivity index (χ0n) is 12.3. The Bertz CT molecular complexity index is 593. The first-order chi connectivity index (χ1) is 11.9. The number of rotatable bonds is 4. The maximum Gasteiger partial charge on any atom is 0.452 e. The van der Waals surface area contributed by atoms with E-state index >= 15 is 0 Å². The summed E-state index contributed by atoms with van der Waals surface area (Å²) in [6, 6.07) is 9.71. The van der Waals surface area contributed by atoms with Gasteiger partial charge in [0.1, 0.15) is 11.6 Å². The van der Waals surface area contributed by atoms with Gasteiger partial charge >= 0.3 is 11.0 Å². The van der Waals surface area contributed by atoms with Crippen LogP contribution in [0.5, 0.6) is 0 Å². The van der Waals surface area contributed by atoms with Crippen LogP contribution in [-0.4, -0.2) is 11.0 Å². The first-order valence-corrected chi connectivity index (χ1v) is 10.6. The molecule has 12 heteroatoms. The number of benzene rings is 2. The molecule has 0 amide bonds. The molecule has 0 atom stereocenters. The summed E-state index contributed by atoms with van der Waals surface area (Å²) >= 11 is 0. The third-order valence-corrected chi connectivity index (χ3v) is 6.35. The number of hydrogen-bond acceptors (Lipinski definition) is 4.